The van der Waals surface area contributed by atoms with Crippen molar-refractivity contribution in [3.05, 3.63) is 22.8 Å². The summed E-state index contributed by atoms with van der Waals surface area (Å²) in [5, 5.41) is 2.61. The third kappa shape index (κ3) is 4.96. The van der Waals surface area contributed by atoms with Crippen LogP contribution >= 0.6 is 15.9 Å². The van der Waals surface area contributed by atoms with Gasteiger partial charge in [0.1, 0.15) is 5.82 Å². The van der Waals surface area contributed by atoms with Gasteiger partial charge in [-0.3, -0.25) is 9.59 Å². The number of nitrogens with two attached hydrogens (primary N) is 1. The highest BCUT2D eigenvalue weighted by Gasteiger charge is 2.18. The van der Waals surface area contributed by atoms with Crippen LogP contribution in [0.25, 0.3) is 0 Å². The Labute approximate surface area is 120 Å². The summed E-state index contributed by atoms with van der Waals surface area (Å²) in [7, 11) is 1.55. The van der Waals surface area contributed by atoms with Gasteiger partial charge in [-0.2, -0.15) is 0 Å². The fraction of sp³-hybridized carbons (Fsp3) is 0.417. The second-order valence-electron chi connectivity index (χ2n) is 4.12. The summed E-state index contributed by atoms with van der Waals surface area (Å²) in [6.45, 7) is 1.77. The molecular weight excluding hydrogens is 312 g/mol. The van der Waals surface area contributed by atoms with E-state index in [0.29, 0.717) is 12.2 Å². The van der Waals surface area contributed by atoms with Gasteiger partial charge in [0.2, 0.25) is 11.8 Å². The van der Waals surface area contributed by atoms with E-state index in [-0.39, 0.29) is 18.4 Å². The monoisotopic (exact) mass is 328 g/mol. The zero-order chi connectivity index (χ0) is 14.4. The number of rotatable bonds is 5. The van der Waals surface area contributed by atoms with Crippen molar-refractivity contribution in [3.8, 4) is 0 Å². The first-order valence-electron chi connectivity index (χ1n) is 5.86. The van der Waals surface area contributed by atoms with E-state index in [2.05, 4.69) is 26.2 Å². The van der Waals surface area contributed by atoms with E-state index in [9.17, 15) is 9.59 Å². The molecule has 0 aliphatic rings. The van der Waals surface area contributed by atoms with Gasteiger partial charge in [-0.15, -0.1) is 0 Å². The maximum atomic E-state index is 11.7. The Hall–Kier alpha value is -1.47. The summed E-state index contributed by atoms with van der Waals surface area (Å²) in [4.78, 5) is 28.8. The highest BCUT2D eigenvalue weighted by atomic mass is 79.9. The molecule has 3 N–H and O–H groups in total. The van der Waals surface area contributed by atoms with Gasteiger partial charge in [0.25, 0.3) is 0 Å². The minimum atomic E-state index is -0.566. The number of pyridine rings is 1. The number of hydrogen-bond donors (Lipinski definition) is 2. The number of aromatic nitrogens is 1. The lowest BCUT2D eigenvalue weighted by Crippen LogP contribution is -2.44. The van der Waals surface area contributed by atoms with Crippen LogP contribution in [0.1, 0.15) is 13.3 Å². The minimum Gasteiger partial charge on any atom is -0.335 e. The highest BCUT2D eigenvalue weighted by Crippen LogP contribution is 2.10. The Morgan fingerprint density at radius 1 is 1.53 bits per heavy atom. The van der Waals surface area contributed by atoms with Gasteiger partial charge in [-0.05, 0) is 34.5 Å². The second-order valence-corrected chi connectivity index (χ2v) is 5.03. The minimum absolute atomic E-state index is 0.0513. The van der Waals surface area contributed by atoms with Gasteiger partial charge in [-0.1, -0.05) is 6.92 Å². The first kappa shape index (κ1) is 15.6. The Morgan fingerprint density at radius 3 is 2.74 bits per heavy atom. The number of nitrogens with one attached hydrogen (secondary N) is 1. The van der Waals surface area contributed by atoms with Crippen LogP contribution < -0.4 is 11.1 Å². The smallest absolute Gasteiger partial charge is 0.245 e. The SMILES string of the molecule is CC[C@H](N)C(=O)N(C)CC(=O)Nc1ccc(Br)cn1. The fourth-order valence-electron chi connectivity index (χ4n) is 1.38. The molecule has 0 spiro atoms. The predicted octanol–water partition coefficient (Wildman–Crippen LogP) is 0.978. The average Bonchev–Trinajstić information content (AvgIpc) is 2.39. The van der Waals surface area contributed by atoms with Crippen LogP contribution in [-0.2, 0) is 9.59 Å². The van der Waals surface area contributed by atoms with Crippen molar-refractivity contribution in [1.82, 2.24) is 9.88 Å². The Bertz CT molecular complexity index is 450. The number of hydrogen-bond acceptors (Lipinski definition) is 4. The largest absolute Gasteiger partial charge is 0.335 e. The summed E-state index contributed by atoms with van der Waals surface area (Å²) in [5.41, 5.74) is 5.62. The van der Waals surface area contributed by atoms with Gasteiger partial charge in [0.15, 0.2) is 0 Å². The molecule has 0 saturated heterocycles. The molecule has 1 aromatic rings. The van der Waals surface area contributed by atoms with E-state index in [1.807, 2.05) is 6.92 Å². The lowest BCUT2D eigenvalue weighted by Gasteiger charge is -2.19. The van der Waals surface area contributed by atoms with Crippen molar-refractivity contribution < 1.29 is 9.59 Å². The predicted molar refractivity (Wildman–Crippen MR) is 76.5 cm³/mol. The molecule has 0 fully saturated rings. The van der Waals surface area contributed by atoms with Gasteiger partial charge in [0.05, 0.1) is 12.6 Å². The molecule has 0 unspecified atom stereocenters. The zero-order valence-electron chi connectivity index (χ0n) is 10.9. The van der Waals surface area contributed by atoms with Crippen molar-refractivity contribution in [1.29, 1.82) is 0 Å². The van der Waals surface area contributed by atoms with Crippen LogP contribution in [-0.4, -0.2) is 41.3 Å². The molecule has 0 radical (unpaired) electrons. The maximum Gasteiger partial charge on any atom is 0.245 e. The summed E-state index contributed by atoms with van der Waals surface area (Å²) in [6.07, 6.45) is 2.12. The Kier molecular flexibility index (Phi) is 5.91. The second kappa shape index (κ2) is 7.20. The lowest BCUT2D eigenvalue weighted by molar-refractivity contribution is -0.134. The highest BCUT2D eigenvalue weighted by molar-refractivity contribution is 9.10. The molecule has 1 rings (SSSR count). The topological polar surface area (TPSA) is 88.3 Å². The maximum absolute atomic E-state index is 11.7. The van der Waals surface area contributed by atoms with Gasteiger partial charge in [-0.25, -0.2) is 4.98 Å². The van der Waals surface area contributed by atoms with Crippen molar-refractivity contribution in [3.63, 3.8) is 0 Å². The third-order valence-corrected chi connectivity index (χ3v) is 2.98. The summed E-state index contributed by atoms with van der Waals surface area (Å²) >= 11 is 3.25. The molecule has 19 heavy (non-hydrogen) atoms. The molecule has 104 valence electrons. The first-order chi connectivity index (χ1) is 8.93. The van der Waals surface area contributed by atoms with Gasteiger partial charge in [0, 0.05) is 17.7 Å². The first-order valence-corrected chi connectivity index (χ1v) is 6.65. The van der Waals surface area contributed by atoms with E-state index in [0.717, 1.165) is 4.47 Å². The number of amides is 2. The number of anilines is 1. The molecule has 1 heterocycles. The third-order valence-electron chi connectivity index (χ3n) is 2.51. The fourth-order valence-corrected chi connectivity index (χ4v) is 1.62. The summed E-state index contributed by atoms with van der Waals surface area (Å²) < 4.78 is 0.826. The number of nitrogens with zero attached hydrogens (tertiary/aromatic N) is 2. The molecule has 0 aromatic carbocycles. The van der Waals surface area contributed by atoms with Gasteiger partial charge < -0.3 is 16.0 Å². The summed E-state index contributed by atoms with van der Waals surface area (Å²) in [6, 6.07) is 2.87. The van der Waals surface area contributed by atoms with E-state index < -0.39 is 6.04 Å². The van der Waals surface area contributed by atoms with E-state index in [1.54, 1.807) is 25.4 Å². The molecule has 0 bridgehead atoms. The van der Waals surface area contributed by atoms with Crippen LogP contribution in [0.2, 0.25) is 0 Å². The molecule has 0 aliphatic heterocycles. The molecular formula is C12H17BrN4O2. The van der Waals surface area contributed by atoms with Crippen LogP contribution in [0.5, 0.6) is 0 Å². The number of carbonyl (C=O) groups excluding carboxylic acids is 2. The van der Waals surface area contributed by atoms with E-state index in [4.69, 9.17) is 5.73 Å². The quantitative estimate of drug-likeness (QED) is 0.843. The standard InChI is InChI=1S/C12H17BrN4O2/c1-3-9(14)12(19)17(2)7-11(18)16-10-5-4-8(13)6-15-10/h4-6,9H,3,7,14H2,1-2H3,(H,15,16,18)/t9-/m0/s1. The molecule has 1 atom stereocenters. The van der Waals surface area contributed by atoms with Crippen molar-refractivity contribution in [2.24, 2.45) is 5.73 Å². The summed E-state index contributed by atoms with van der Waals surface area (Å²) in [5.74, 6) is -0.121. The van der Waals surface area contributed by atoms with Crippen LogP contribution in [0.4, 0.5) is 5.82 Å². The molecule has 0 aliphatic carbocycles. The van der Waals surface area contributed by atoms with Crippen molar-refractivity contribution in [2.45, 2.75) is 19.4 Å². The lowest BCUT2D eigenvalue weighted by atomic mass is 10.2. The Balaban J connectivity index is 2.51. The van der Waals surface area contributed by atoms with Crippen molar-refractivity contribution in [2.75, 3.05) is 18.9 Å². The normalized spacial score (nSPS) is 11.8. The molecule has 1 aromatic heterocycles. The van der Waals surface area contributed by atoms with Crippen LogP contribution in [0, 0.1) is 0 Å². The molecule has 2 amide bonds. The molecule has 0 saturated carbocycles. The average molecular weight is 329 g/mol. The molecule has 7 heteroatoms. The number of carbonyl (C=O) groups is 2. The van der Waals surface area contributed by atoms with E-state index >= 15 is 0 Å². The van der Waals surface area contributed by atoms with Gasteiger partial charge >= 0.3 is 0 Å². The van der Waals surface area contributed by atoms with Crippen LogP contribution in [0.3, 0.4) is 0 Å². The number of halogens is 1. The van der Waals surface area contributed by atoms with E-state index in [1.165, 1.54) is 4.90 Å². The van der Waals surface area contributed by atoms with Crippen LogP contribution in [0.15, 0.2) is 22.8 Å². The van der Waals surface area contributed by atoms with Crippen molar-refractivity contribution >= 4 is 33.6 Å². The molecule has 6 nitrogen and oxygen atoms in total. The Morgan fingerprint density at radius 2 is 2.21 bits per heavy atom. The zero-order valence-corrected chi connectivity index (χ0v) is 12.5. The number of likely N-dealkylation sites (N-methyl/N-ethyl adjacent to an activating group) is 1.